The minimum absolute atomic E-state index is 0.0118. The van der Waals surface area contributed by atoms with Crippen LogP contribution in [0.4, 0.5) is 0 Å². The summed E-state index contributed by atoms with van der Waals surface area (Å²) in [6, 6.07) is 9.42. The van der Waals surface area contributed by atoms with Crippen molar-refractivity contribution in [2.75, 3.05) is 13.1 Å². The first kappa shape index (κ1) is 14.5. The molecule has 1 saturated heterocycles. The lowest BCUT2D eigenvalue weighted by Gasteiger charge is -2.18. The molecule has 114 valence electrons. The van der Waals surface area contributed by atoms with E-state index in [0.29, 0.717) is 24.8 Å². The van der Waals surface area contributed by atoms with E-state index in [1.807, 2.05) is 43.0 Å². The highest BCUT2D eigenvalue weighted by Gasteiger charge is 2.29. The first-order valence-corrected chi connectivity index (χ1v) is 7.44. The van der Waals surface area contributed by atoms with Crippen molar-refractivity contribution in [3.8, 4) is 5.88 Å². The largest absolute Gasteiger partial charge is 0.472 e. The summed E-state index contributed by atoms with van der Waals surface area (Å²) in [5.74, 6) is 1.33. The normalized spacial score (nSPS) is 17.5. The van der Waals surface area contributed by atoms with Crippen LogP contribution in [0.25, 0.3) is 0 Å². The monoisotopic (exact) mass is 297 g/mol. The molecule has 0 aliphatic carbocycles. The van der Waals surface area contributed by atoms with Gasteiger partial charge in [-0.05, 0) is 25.5 Å². The van der Waals surface area contributed by atoms with Crippen LogP contribution in [0.2, 0.25) is 0 Å². The molecular formula is C17H19N3O2. The van der Waals surface area contributed by atoms with Gasteiger partial charge in [-0.2, -0.15) is 4.98 Å². The second kappa shape index (κ2) is 6.13. The van der Waals surface area contributed by atoms with Crippen LogP contribution >= 0.6 is 0 Å². The maximum absolute atomic E-state index is 12.6. The van der Waals surface area contributed by atoms with Crippen LogP contribution in [0.5, 0.6) is 5.88 Å². The number of amides is 1. The van der Waals surface area contributed by atoms with E-state index in [2.05, 4.69) is 9.97 Å². The van der Waals surface area contributed by atoms with Gasteiger partial charge in [-0.1, -0.05) is 18.2 Å². The van der Waals surface area contributed by atoms with Gasteiger partial charge in [-0.3, -0.25) is 4.79 Å². The van der Waals surface area contributed by atoms with Crippen molar-refractivity contribution >= 4 is 5.91 Å². The fourth-order valence-corrected chi connectivity index (χ4v) is 2.66. The minimum Gasteiger partial charge on any atom is -0.472 e. The Morgan fingerprint density at radius 2 is 2.09 bits per heavy atom. The van der Waals surface area contributed by atoms with Gasteiger partial charge in [0.25, 0.3) is 5.91 Å². The van der Waals surface area contributed by atoms with Gasteiger partial charge in [-0.15, -0.1) is 0 Å². The third-order valence-electron chi connectivity index (χ3n) is 3.85. The molecule has 2 heterocycles. The Balaban J connectivity index is 1.65. The first-order chi connectivity index (χ1) is 10.6. The predicted octanol–water partition coefficient (Wildman–Crippen LogP) is 2.39. The van der Waals surface area contributed by atoms with Gasteiger partial charge < -0.3 is 9.64 Å². The van der Waals surface area contributed by atoms with Crippen LogP contribution in [0.1, 0.15) is 28.2 Å². The molecule has 1 aliphatic heterocycles. The Labute approximate surface area is 130 Å². The van der Waals surface area contributed by atoms with E-state index in [-0.39, 0.29) is 12.0 Å². The lowest BCUT2D eigenvalue weighted by Crippen LogP contribution is -2.31. The number of ether oxygens (including phenoxy) is 1. The number of hydrogen-bond donors (Lipinski definition) is 0. The van der Waals surface area contributed by atoms with Crippen LogP contribution in [0.3, 0.4) is 0 Å². The molecule has 5 nitrogen and oxygen atoms in total. The highest BCUT2D eigenvalue weighted by atomic mass is 16.5. The number of carbonyl (C=O) groups is 1. The van der Waals surface area contributed by atoms with Gasteiger partial charge in [0, 0.05) is 30.8 Å². The van der Waals surface area contributed by atoms with Gasteiger partial charge in [0.1, 0.15) is 11.9 Å². The molecule has 1 amide bonds. The SMILES string of the molecule is Cc1nccc(OC2CCN(C(=O)c3ccccc3C)C2)n1. The van der Waals surface area contributed by atoms with Crippen LogP contribution in [-0.2, 0) is 0 Å². The van der Waals surface area contributed by atoms with E-state index >= 15 is 0 Å². The molecular weight excluding hydrogens is 278 g/mol. The molecule has 0 bridgehead atoms. The smallest absolute Gasteiger partial charge is 0.254 e. The Hall–Kier alpha value is -2.43. The van der Waals surface area contributed by atoms with Gasteiger partial charge in [0.05, 0.1) is 6.54 Å². The summed E-state index contributed by atoms with van der Waals surface area (Å²) in [5.41, 5.74) is 1.77. The lowest BCUT2D eigenvalue weighted by atomic mass is 10.1. The topological polar surface area (TPSA) is 55.3 Å². The van der Waals surface area contributed by atoms with Crippen molar-refractivity contribution in [2.24, 2.45) is 0 Å². The van der Waals surface area contributed by atoms with Gasteiger partial charge in [0.15, 0.2) is 0 Å². The van der Waals surface area contributed by atoms with Gasteiger partial charge >= 0.3 is 0 Å². The number of likely N-dealkylation sites (tertiary alicyclic amines) is 1. The second-order valence-electron chi connectivity index (χ2n) is 5.54. The van der Waals surface area contributed by atoms with Crippen molar-refractivity contribution in [1.29, 1.82) is 0 Å². The number of nitrogens with zero attached hydrogens (tertiary/aromatic N) is 3. The van der Waals surface area contributed by atoms with Crippen LogP contribution in [0.15, 0.2) is 36.5 Å². The predicted molar refractivity (Wildman–Crippen MR) is 82.9 cm³/mol. The van der Waals surface area contributed by atoms with Crippen LogP contribution in [0, 0.1) is 13.8 Å². The Morgan fingerprint density at radius 1 is 1.27 bits per heavy atom. The summed E-state index contributed by atoms with van der Waals surface area (Å²) in [6.07, 6.45) is 2.49. The number of benzene rings is 1. The number of aryl methyl sites for hydroxylation is 2. The second-order valence-corrected chi connectivity index (χ2v) is 5.54. The summed E-state index contributed by atoms with van der Waals surface area (Å²) in [7, 11) is 0. The zero-order chi connectivity index (χ0) is 15.5. The first-order valence-electron chi connectivity index (χ1n) is 7.44. The highest BCUT2D eigenvalue weighted by molar-refractivity contribution is 5.95. The van der Waals surface area contributed by atoms with Crippen molar-refractivity contribution in [3.63, 3.8) is 0 Å². The average molecular weight is 297 g/mol. The molecule has 1 fully saturated rings. The Morgan fingerprint density at radius 3 is 2.86 bits per heavy atom. The quantitative estimate of drug-likeness (QED) is 0.873. The van der Waals surface area contributed by atoms with E-state index in [1.54, 1.807) is 12.3 Å². The average Bonchev–Trinajstić information content (AvgIpc) is 2.95. The van der Waals surface area contributed by atoms with Crippen molar-refractivity contribution in [2.45, 2.75) is 26.4 Å². The fraction of sp³-hybridized carbons (Fsp3) is 0.353. The van der Waals surface area contributed by atoms with E-state index in [9.17, 15) is 4.79 Å². The maximum Gasteiger partial charge on any atom is 0.254 e. The highest BCUT2D eigenvalue weighted by Crippen LogP contribution is 2.19. The van der Waals surface area contributed by atoms with Crippen molar-refractivity contribution < 1.29 is 9.53 Å². The molecule has 1 unspecified atom stereocenters. The molecule has 2 aromatic rings. The standard InChI is InChI=1S/C17H19N3O2/c1-12-5-3-4-6-15(12)17(21)20-10-8-14(11-20)22-16-7-9-18-13(2)19-16/h3-7,9,14H,8,10-11H2,1-2H3. The molecule has 0 radical (unpaired) electrons. The van der Waals surface area contributed by atoms with Gasteiger partial charge in [-0.25, -0.2) is 4.98 Å². The van der Waals surface area contributed by atoms with Crippen molar-refractivity contribution in [1.82, 2.24) is 14.9 Å². The van der Waals surface area contributed by atoms with E-state index in [0.717, 1.165) is 17.5 Å². The number of hydrogen-bond acceptors (Lipinski definition) is 4. The molecule has 1 atom stereocenters. The Bertz CT molecular complexity index is 687. The van der Waals surface area contributed by atoms with E-state index in [4.69, 9.17) is 4.74 Å². The van der Waals surface area contributed by atoms with Crippen molar-refractivity contribution in [3.05, 3.63) is 53.5 Å². The van der Waals surface area contributed by atoms with E-state index < -0.39 is 0 Å². The van der Waals surface area contributed by atoms with Crippen LogP contribution < -0.4 is 4.74 Å². The molecule has 1 aromatic heterocycles. The molecule has 0 N–H and O–H groups in total. The summed E-state index contributed by atoms with van der Waals surface area (Å²) in [4.78, 5) is 22.7. The number of aromatic nitrogens is 2. The van der Waals surface area contributed by atoms with Gasteiger partial charge in [0.2, 0.25) is 5.88 Å². The minimum atomic E-state index is -0.0118. The molecule has 1 aromatic carbocycles. The third-order valence-corrected chi connectivity index (χ3v) is 3.85. The van der Waals surface area contributed by atoms with Crippen LogP contribution in [-0.4, -0.2) is 40.0 Å². The summed E-state index contributed by atoms with van der Waals surface area (Å²) < 4.78 is 5.86. The third kappa shape index (κ3) is 3.08. The molecule has 0 spiro atoms. The zero-order valence-corrected chi connectivity index (χ0v) is 12.8. The molecule has 0 saturated carbocycles. The number of carbonyl (C=O) groups excluding carboxylic acids is 1. The fourth-order valence-electron chi connectivity index (χ4n) is 2.66. The van der Waals surface area contributed by atoms with E-state index in [1.165, 1.54) is 0 Å². The zero-order valence-electron chi connectivity index (χ0n) is 12.8. The molecule has 1 aliphatic rings. The summed E-state index contributed by atoms with van der Waals surface area (Å²) >= 11 is 0. The summed E-state index contributed by atoms with van der Waals surface area (Å²) in [6.45, 7) is 5.09. The Kier molecular flexibility index (Phi) is 4.04. The summed E-state index contributed by atoms with van der Waals surface area (Å²) in [5, 5.41) is 0. The molecule has 5 heteroatoms. The number of rotatable bonds is 3. The lowest BCUT2D eigenvalue weighted by molar-refractivity contribution is 0.0770. The molecule has 3 rings (SSSR count). The molecule has 22 heavy (non-hydrogen) atoms. The maximum atomic E-state index is 12.6.